The topological polar surface area (TPSA) is 105 Å². The third-order valence-corrected chi connectivity index (χ3v) is 3.23. The number of carboxylic acid groups (broad SMARTS) is 2. The van der Waals surface area contributed by atoms with Crippen LogP contribution in [0.3, 0.4) is 0 Å². The average Bonchev–Trinajstić information content (AvgIpc) is 2.64. The minimum absolute atomic E-state index is 0.250. The highest BCUT2D eigenvalue weighted by Gasteiger charge is 2.50. The Kier molecular flexibility index (Phi) is 2.40. The van der Waals surface area contributed by atoms with E-state index in [1.165, 1.54) is 24.7 Å². The lowest BCUT2D eigenvalue weighted by Gasteiger charge is -2.34. The number of rotatable bonds is 0. The molecule has 0 aliphatic carbocycles. The molecule has 0 saturated carbocycles. The van der Waals surface area contributed by atoms with E-state index < -0.39 is 17.7 Å². The van der Waals surface area contributed by atoms with E-state index in [2.05, 4.69) is 10.5 Å². The number of amides is 2. The average molecular weight is 274 g/mol. The van der Waals surface area contributed by atoms with E-state index in [0.717, 1.165) is 9.80 Å². The second-order valence-electron chi connectivity index (χ2n) is 4.27. The third kappa shape index (κ3) is 1.44. The van der Waals surface area contributed by atoms with Crippen molar-refractivity contribution in [1.29, 1.82) is 0 Å². The first-order chi connectivity index (χ1) is 9.56. The van der Waals surface area contributed by atoms with Gasteiger partial charge in [0.1, 0.15) is 0 Å². The summed E-state index contributed by atoms with van der Waals surface area (Å²) in [5, 5.41) is 22.4. The van der Waals surface area contributed by atoms with Crippen LogP contribution in [-0.2, 0) is 0 Å². The third-order valence-electron chi connectivity index (χ3n) is 3.23. The van der Waals surface area contributed by atoms with Crippen molar-refractivity contribution in [2.45, 2.75) is 5.54 Å². The van der Waals surface area contributed by atoms with Crippen molar-refractivity contribution in [2.24, 2.45) is 5.10 Å². The Balaban J connectivity index is 2.20. The molecule has 3 heterocycles. The van der Waals surface area contributed by atoms with Crippen LogP contribution in [0.4, 0.5) is 9.59 Å². The maximum atomic E-state index is 11.4. The van der Waals surface area contributed by atoms with Crippen molar-refractivity contribution >= 4 is 18.4 Å². The lowest BCUT2D eigenvalue weighted by Crippen LogP contribution is -2.49. The monoisotopic (exact) mass is 274 g/mol. The molecule has 8 nitrogen and oxygen atoms in total. The Labute approximate surface area is 113 Å². The fourth-order valence-corrected chi connectivity index (χ4v) is 2.39. The van der Waals surface area contributed by atoms with Crippen molar-refractivity contribution in [1.82, 2.24) is 15.2 Å². The zero-order valence-corrected chi connectivity index (χ0v) is 10.1. The second-order valence-corrected chi connectivity index (χ2v) is 4.27. The van der Waals surface area contributed by atoms with Gasteiger partial charge >= 0.3 is 12.2 Å². The van der Waals surface area contributed by atoms with Gasteiger partial charge in [-0.2, -0.15) is 5.10 Å². The first-order valence-corrected chi connectivity index (χ1v) is 5.70. The summed E-state index contributed by atoms with van der Waals surface area (Å²) in [6.45, 7) is 0. The van der Waals surface area contributed by atoms with Gasteiger partial charge in [-0.15, -0.1) is 0 Å². The Morgan fingerprint density at radius 3 is 2.60 bits per heavy atom. The Bertz CT molecular complexity index is 646. The van der Waals surface area contributed by atoms with Gasteiger partial charge in [-0.1, -0.05) is 6.08 Å². The molecule has 0 aromatic heterocycles. The zero-order chi connectivity index (χ0) is 14.3. The number of hydrogen-bond acceptors (Lipinski definition) is 4. The summed E-state index contributed by atoms with van der Waals surface area (Å²) in [6, 6.07) is 0. The summed E-state index contributed by atoms with van der Waals surface area (Å²) in [4.78, 5) is 24.6. The van der Waals surface area contributed by atoms with Crippen LogP contribution in [0.1, 0.15) is 0 Å². The number of allylic oxidation sites excluding steroid dienone is 3. The van der Waals surface area contributed by atoms with Crippen LogP contribution in [-0.4, -0.2) is 44.0 Å². The number of nitrogens with one attached hydrogen (secondary N) is 1. The molecule has 0 saturated heterocycles. The predicted octanol–water partition coefficient (Wildman–Crippen LogP) is 1.10. The van der Waals surface area contributed by atoms with E-state index in [4.69, 9.17) is 0 Å². The molecular formula is C12H10N4O4. The molecule has 1 atom stereocenters. The molecule has 3 aliphatic rings. The highest BCUT2D eigenvalue weighted by atomic mass is 16.4. The summed E-state index contributed by atoms with van der Waals surface area (Å²) in [5.74, 6) is 0. The van der Waals surface area contributed by atoms with Crippen LogP contribution in [0.25, 0.3) is 0 Å². The van der Waals surface area contributed by atoms with Crippen molar-refractivity contribution in [2.75, 3.05) is 0 Å². The Morgan fingerprint density at radius 1 is 1.15 bits per heavy atom. The highest BCUT2D eigenvalue weighted by Crippen LogP contribution is 2.41. The molecule has 0 aromatic rings. The highest BCUT2D eigenvalue weighted by molar-refractivity contribution is 5.83. The molecule has 102 valence electrons. The van der Waals surface area contributed by atoms with Gasteiger partial charge < -0.3 is 10.2 Å². The van der Waals surface area contributed by atoms with E-state index in [1.807, 2.05) is 0 Å². The number of carbonyl (C=O) groups is 2. The normalized spacial score (nSPS) is 26.2. The summed E-state index contributed by atoms with van der Waals surface area (Å²) in [7, 11) is 0. The summed E-state index contributed by atoms with van der Waals surface area (Å²) >= 11 is 0. The van der Waals surface area contributed by atoms with E-state index in [1.54, 1.807) is 18.2 Å². The van der Waals surface area contributed by atoms with Gasteiger partial charge in [0.05, 0.1) is 11.4 Å². The first-order valence-electron chi connectivity index (χ1n) is 5.70. The van der Waals surface area contributed by atoms with Gasteiger partial charge in [0.15, 0.2) is 5.54 Å². The first kappa shape index (κ1) is 12.0. The molecule has 3 aliphatic heterocycles. The maximum Gasteiger partial charge on any atom is 0.415 e. The van der Waals surface area contributed by atoms with E-state index >= 15 is 0 Å². The SMILES string of the molecule is O=C(O)N1C=CC=CC23NN=CC=C2N(C(=O)O)C=C13. The fourth-order valence-electron chi connectivity index (χ4n) is 2.39. The molecule has 0 aromatic carbocycles. The maximum absolute atomic E-state index is 11.4. The molecule has 2 amide bonds. The summed E-state index contributed by atoms with van der Waals surface area (Å²) in [5.41, 5.74) is 2.33. The second kappa shape index (κ2) is 3.98. The lowest BCUT2D eigenvalue weighted by molar-refractivity contribution is 0.169. The van der Waals surface area contributed by atoms with Crippen molar-refractivity contribution in [3.63, 3.8) is 0 Å². The molecule has 3 rings (SSSR count). The molecule has 0 bridgehead atoms. The van der Waals surface area contributed by atoms with Crippen molar-refractivity contribution < 1.29 is 19.8 Å². The van der Waals surface area contributed by atoms with Crippen LogP contribution in [0.5, 0.6) is 0 Å². The van der Waals surface area contributed by atoms with Gasteiger partial charge in [0.2, 0.25) is 0 Å². The predicted molar refractivity (Wildman–Crippen MR) is 68.5 cm³/mol. The Hall–Kier alpha value is -3.03. The van der Waals surface area contributed by atoms with Crippen molar-refractivity contribution in [3.05, 3.63) is 48.1 Å². The molecule has 0 radical (unpaired) electrons. The van der Waals surface area contributed by atoms with E-state index in [-0.39, 0.29) is 5.70 Å². The number of hydrazone groups is 1. The molecule has 3 N–H and O–H groups in total. The van der Waals surface area contributed by atoms with Crippen LogP contribution >= 0.6 is 0 Å². The Morgan fingerprint density at radius 2 is 1.90 bits per heavy atom. The van der Waals surface area contributed by atoms with Gasteiger partial charge in [-0.05, 0) is 18.2 Å². The molecule has 1 unspecified atom stereocenters. The summed E-state index contributed by atoms with van der Waals surface area (Å²) in [6.07, 6.45) is 8.04. The fraction of sp³-hybridized carbons (Fsp3) is 0.0833. The quantitative estimate of drug-likeness (QED) is 0.613. The minimum Gasteiger partial charge on any atom is -0.464 e. The molecule has 1 spiro atoms. The smallest absolute Gasteiger partial charge is 0.415 e. The molecule has 20 heavy (non-hydrogen) atoms. The molecule has 8 heteroatoms. The minimum atomic E-state index is -1.21. The zero-order valence-electron chi connectivity index (χ0n) is 10.1. The molecular weight excluding hydrogens is 264 g/mol. The standard InChI is InChI=1S/C12H10N4O4/c17-10(18)15-6-2-1-4-12-8(3-5-13-14-12)16(11(19)20)7-9(12)15/h1-7,14H,(H,17,18)(H,19,20). The van der Waals surface area contributed by atoms with Gasteiger partial charge in [-0.3, -0.25) is 15.2 Å². The molecule has 0 fully saturated rings. The van der Waals surface area contributed by atoms with Gasteiger partial charge in [-0.25, -0.2) is 9.59 Å². The van der Waals surface area contributed by atoms with Gasteiger partial charge in [0, 0.05) is 18.6 Å². The van der Waals surface area contributed by atoms with Crippen LogP contribution < -0.4 is 5.43 Å². The van der Waals surface area contributed by atoms with Crippen LogP contribution in [0, 0.1) is 0 Å². The van der Waals surface area contributed by atoms with E-state index in [0.29, 0.717) is 5.70 Å². The number of nitrogens with zero attached hydrogens (tertiary/aromatic N) is 3. The van der Waals surface area contributed by atoms with Crippen LogP contribution in [0.15, 0.2) is 53.2 Å². The largest absolute Gasteiger partial charge is 0.464 e. The van der Waals surface area contributed by atoms with Crippen LogP contribution in [0.2, 0.25) is 0 Å². The van der Waals surface area contributed by atoms with Crippen molar-refractivity contribution in [3.8, 4) is 0 Å². The number of hydrogen-bond donors (Lipinski definition) is 3. The van der Waals surface area contributed by atoms with Gasteiger partial charge in [0.25, 0.3) is 0 Å². The summed E-state index contributed by atoms with van der Waals surface area (Å²) < 4.78 is 0. The lowest BCUT2D eigenvalue weighted by atomic mass is 9.92. The van der Waals surface area contributed by atoms with E-state index in [9.17, 15) is 19.8 Å².